The summed E-state index contributed by atoms with van der Waals surface area (Å²) < 4.78 is 0. The van der Waals surface area contributed by atoms with Gasteiger partial charge in [0.25, 0.3) is 0 Å². The number of hydrogen-bond donors (Lipinski definition) is 2. The molecule has 2 heterocycles. The molecule has 25 heavy (non-hydrogen) atoms. The van der Waals surface area contributed by atoms with Crippen LogP contribution in [0.15, 0.2) is 30.0 Å². The minimum atomic E-state index is 0.544. The van der Waals surface area contributed by atoms with Crippen LogP contribution in [0.4, 0.5) is 0 Å². The maximum absolute atomic E-state index is 4.68. The first-order valence-electron chi connectivity index (χ1n) is 9.65. The third-order valence-corrected chi connectivity index (χ3v) is 5.59. The molecule has 0 fully saturated rings. The lowest BCUT2D eigenvalue weighted by molar-refractivity contribution is 0.219. The minimum Gasteiger partial charge on any atom is -0.341 e. The van der Waals surface area contributed by atoms with E-state index in [1.165, 1.54) is 12.0 Å². The van der Waals surface area contributed by atoms with Gasteiger partial charge in [-0.05, 0) is 49.1 Å². The smallest absolute Gasteiger partial charge is 0.177 e. The molecular formula is C21H32N4. The lowest BCUT2D eigenvalue weighted by Gasteiger charge is -2.37. The molecule has 0 saturated heterocycles. The van der Waals surface area contributed by atoms with Crippen LogP contribution in [-0.2, 0) is 6.42 Å². The largest absolute Gasteiger partial charge is 0.341 e. The van der Waals surface area contributed by atoms with E-state index >= 15 is 0 Å². The summed E-state index contributed by atoms with van der Waals surface area (Å²) >= 11 is 0. The van der Waals surface area contributed by atoms with Gasteiger partial charge >= 0.3 is 0 Å². The van der Waals surface area contributed by atoms with Crippen molar-refractivity contribution in [2.75, 3.05) is 6.54 Å². The van der Waals surface area contributed by atoms with Gasteiger partial charge in [0.1, 0.15) is 5.82 Å². The molecule has 0 unspecified atom stereocenters. The van der Waals surface area contributed by atoms with Crippen LogP contribution in [0.25, 0.3) is 11.2 Å². The lowest BCUT2D eigenvalue weighted by Crippen LogP contribution is -2.37. The Morgan fingerprint density at radius 3 is 2.76 bits per heavy atom. The van der Waals surface area contributed by atoms with Crippen LogP contribution in [-0.4, -0.2) is 27.5 Å². The first-order chi connectivity index (χ1) is 11.9. The van der Waals surface area contributed by atoms with Gasteiger partial charge in [0.2, 0.25) is 0 Å². The van der Waals surface area contributed by atoms with Crippen LogP contribution in [0.3, 0.4) is 0 Å². The number of nitrogens with zero attached hydrogens (tertiary/aromatic N) is 2. The summed E-state index contributed by atoms with van der Waals surface area (Å²) in [6.07, 6.45) is 6.55. The van der Waals surface area contributed by atoms with Crippen molar-refractivity contribution in [1.82, 2.24) is 20.3 Å². The molecule has 0 spiro atoms. The van der Waals surface area contributed by atoms with Crippen molar-refractivity contribution >= 4 is 11.2 Å². The number of rotatable bonds is 6. The van der Waals surface area contributed by atoms with Crippen molar-refractivity contribution in [2.45, 2.75) is 53.5 Å². The summed E-state index contributed by atoms with van der Waals surface area (Å²) in [4.78, 5) is 12.5. The van der Waals surface area contributed by atoms with Gasteiger partial charge in [-0.3, -0.25) is 0 Å². The fourth-order valence-electron chi connectivity index (χ4n) is 4.10. The first-order valence-corrected chi connectivity index (χ1v) is 9.65. The molecular weight excluding hydrogens is 308 g/mol. The number of fused-ring (bicyclic) bond motifs is 1. The standard InChI is InChI=1S/C21H32N4/c1-13(2)18-10-16(15(5)9-17(18)12-23-14(3)4)11-20-24-19-7-6-8-22-21(19)25-20/h6-9,13-14,16-18,23H,10-12H2,1-5H3,(H,22,24,25)/t16-,17-,18-/m0/s1. The molecule has 2 aromatic rings. The molecule has 4 heteroatoms. The Morgan fingerprint density at radius 1 is 1.28 bits per heavy atom. The van der Waals surface area contributed by atoms with Crippen molar-refractivity contribution in [2.24, 2.45) is 23.7 Å². The minimum absolute atomic E-state index is 0.544. The third kappa shape index (κ3) is 4.30. The average molecular weight is 341 g/mol. The summed E-state index contributed by atoms with van der Waals surface area (Å²) in [5.41, 5.74) is 3.38. The quantitative estimate of drug-likeness (QED) is 0.769. The highest BCUT2D eigenvalue weighted by atomic mass is 15.0. The Morgan fingerprint density at radius 2 is 2.08 bits per heavy atom. The van der Waals surface area contributed by atoms with E-state index in [0.717, 1.165) is 35.9 Å². The van der Waals surface area contributed by atoms with Crippen LogP contribution in [0.5, 0.6) is 0 Å². The monoisotopic (exact) mass is 340 g/mol. The van der Waals surface area contributed by atoms with Crippen molar-refractivity contribution in [1.29, 1.82) is 0 Å². The summed E-state index contributed by atoms with van der Waals surface area (Å²) in [6.45, 7) is 12.6. The number of aromatic nitrogens is 3. The molecule has 1 aliphatic carbocycles. The van der Waals surface area contributed by atoms with E-state index in [9.17, 15) is 0 Å². The van der Waals surface area contributed by atoms with Gasteiger partial charge in [0.15, 0.2) is 5.65 Å². The van der Waals surface area contributed by atoms with E-state index in [2.05, 4.69) is 61.0 Å². The van der Waals surface area contributed by atoms with Crippen molar-refractivity contribution in [3.05, 3.63) is 35.8 Å². The molecule has 0 bridgehead atoms. The normalized spacial score (nSPS) is 24.3. The Hall–Kier alpha value is -1.68. The highest BCUT2D eigenvalue weighted by molar-refractivity contribution is 5.69. The Bertz CT molecular complexity index is 695. The van der Waals surface area contributed by atoms with Crippen molar-refractivity contribution < 1.29 is 0 Å². The van der Waals surface area contributed by atoms with Gasteiger partial charge < -0.3 is 10.3 Å². The van der Waals surface area contributed by atoms with Gasteiger partial charge in [-0.2, -0.15) is 0 Å². The highest BCUT2D eigenvalue weighted by Gasteiger charge is 2.32. The van der Waals surface area contributed by atoms with E-state index in [0.29, 0.717) is 23.8 Å². The summed E-state index contributed by atoms with van der Waals surface area (Å²) in [5.74, 6) is 3.69. The predicted octanol–water partition coefficient (Wildman–Crippen LogP) is 4.35. The van der Waals surface area contributed by atoms with Crippen LogP contribution < -0.4 is 5.32 Å². The van der Waals surface area contributed by atoms with E-state index in [1.807, 2.05) is 12.1 Å². The third-order valence-electron chi connectivity index (χ3n) is 5.59. The molecule has 0 aliphatic heterocycles. The second-order valence-electron chi connectivity index (χ2n) is 8.24. The van der Waals surface area contributed by atoms with E-state index in [4.69, 9.17) is 0 Å². The van der Waals surface area contributed by atoms with Gasteiger partial charge in [-0.25, -0.2) is 9.97 Å². The van der Waals surface area contributed by atoms with Gasteiger partial charge in [-0.1, -0.05) is 39.3 Å². The molecule has 2 aromatic heterocycles. The molecule has 0 aromatic carbocycles. The zero-order valence-corrected chi connectivity index (χ0v) is 16.2. The van der Waals surface area contributed by atoms with E-state index in [-0.39, 0.29) is 0 Å². The number of nitrogens with one attached hydrogen (secondary N) is 2. The van der Waals surface area contributed by atoms with Gasteiger partial charge in [0, 0.05) is 25.2 Å². The molecule has 0 radical (unpaired) electrons. The second-order valence-corrected chi connectivity index (χ2v) is 8.24. The molecule has 0 saturated carbocycles. The number of pyridine rings is 1. The van der Waals surface area contributed by atoms with Gasteiger partial charge in [-0.15, -0.1) is 0 Å². The Labute approximate surface area is 151 Å². The second kappa shape index (κ2) is 7.69. The van der Waals surface area contributed by atoms with Crippen LogP contribution >= 0.6 is 0 Å². The Kier molecular flexibility index (Phi) is 5.57. The molecule has 3 rings (SSSR count). The van der Waals surface area contributed by atoms with Gasteiger partial charge in [0.05, 0.1) is 5.52 Å². The molecule has 1 aliphatic rings. The van der Waals surface area contributed by atoms with Crippen LogP contribution in [0, 0.1) is 23.7 Å². The summed E-state index contributed by atoms with van der Waals surface area (Å²) in [6, 6.07) is 4.55. The number of hydrogen-bond acceptors (Lipinski definition) is 3. The average Bonchev–Trinajstić information content (AvgIpc) is 2.96. The SMILES string of the molecule is CC1=C[C@@H](CNC(C)C)[C@H](C(C)C)C[C@H]1Cc1nc2ncccc2[nH]1. The number of aromatic amines is 1. The fourth-order valence-corrected chi connectivity index (χ4v) is 4.10. The molecule has 4 nitrogen and oxygen atoms in total. The first kappa shape index (κ1) is 18.1. The van der Waals surface area contributed by atoms with Crippen molar-refractivity contribution in [3.8, 4) is 0 Å². The summed E-state index contributed by atoms with van der Waals surface area (Å²) in [5, 5.41) is 3.63. The predicted molar refractivity (Wildman–Crippen MR) is 104 cm³/mol. The molecule has 136 valence electrons. The maximum Gasteiger partial charge on any atom is 0.177 e. The van der Waals surface area contributed by atoms with E-state index < -0.39 is 0 Å². The van der Waals surface area contributed by atoms with Crippen molar-refractivity contribution in [3.63, 3.8) is 0 Å². The highest BCUT2D eigenvalue weighted by Crippen LogP contribution is 2.38. The number of allylic oxidation sites excluding steroid dienone is 1. The Balaban J connectivity index is 1.76. The number of imidazole rings is 1. The van der Waals surface area contributed by atoms with Crippen LogP contribution in [0.1, 0.15) is 46.9 Å². The van der Waals surface area contributed by atoms with Crippen LogP contribution in [0.2, 0.25) is 0 Å². The molecule has 0 amide bonds. The van der Waals surface area contributed by atoms with E-state index in [1.54, 1.807) is 6.20 Å². The topological polar surface area (TPSA) is 53.6 Å². The molecule has 2 N–H and O–H groups in total. The summed E-state index contributed by atoms with van der Waals surface area (Å²) in [7, 11) is 0. The molecule has 3 atom stereocenters. The zero-order chi connectivity index (χ0) is 18.0. The maximum atomic E-state index is 4.68. The zero-order valence-electron chi connectivity index (χ0n) is 16.2. The lowest BCUT2D eigenvalue weighted by atomic mass is 9.69. The number of H-pyrrole nitrogens is 1. The fraction of sp³-hybridized carbons (Fsp3) is 0.619.